The lowest BCUT2D eigenvalue weighted by Gasteiger charge is -2.44. The second kappa shape index (κ2) is 4.78. The maximum atomic E-state index is 12.0. The summed E-state index contributed by atoms with van der Waals surface area (Å²) in [5, 5.41) is 12.9. The van der Waals surface area contributed by atoms with Gasteiger partial charge in [0.25, 0.3) is 0 Å². The van der Waals surface area contributed by atoms with Gasteiger partial charge in [-0.2, -0.15) is 0 Å². The van der Waals surface area contributed by atoms with E-state index in [2.05, 4.69) is 5.32 Å². The number of hydrogen-bond donors (Lipinski definition) is 2. The Morgan fingerprint density at radius 2 is 2.17 bits per heavy atom. The highest BCUT2D eigenvalue weighted by atomic mass is 35.5. The normalized spacial score (nSPS) is 22.8. The topological polar surface area (TPSA) is 52.6 Å². The first-order chi connectivity index (χ1) is 8.44. The first kappa shape index (κ1) is 13.2. The molecule has 0 aliphatic carbocycles. The van der Waals surface area contributed by atoms with E-state index in [1.165, 1.54) is 0 Å². The first-order valence-electron chi connectivity index (χ1n) is 5.89. The molecule has 98 valence electrons. The standard InChI is InChI=1S/C13H17ClN2O2/c1-13(2)8-16(11(7-17)12(18)15-13)10-6-4-3-5-9(10)14/h3-6,11,17H,7-8H2,1-2H3,(H,15,18). The molecule has 1 amide bonds. The summed E-state index contributed by atoms with van der Waals surface area (Å²) < 4.78 is 0. The van der Waals surface area contributed by atoms with Crippen LogP contribution in [0.1, 0.15) is 13.8 Å². The van der Waals surface area contributed by atoms with E-state index in [4.69, 9.17) is 11.6 Å². The molecule has 1 unspecified atom stereocenters. The Morgan fingerprint density at radius 3 is 2.78 bits per heavy atom. The molecule has 1 aliphatic heterocycles. The van der Waals surface area contributed by atoms with E-state index in [1.54, 1.807) is 6.07 Å². The van der Waals surface area contributed by atoms with Gasteiger partial charge in [-0.1, -0.05) is 23.7 Å². The second-order valence-electron chi connectivity index (χ2n) is 5.15. The summed E-state index contributed by atoms with van der Waals surface area (Å²) in [7, 11) is 0. The van der Waals surface area contributed by atoms with Gasteiger partial charge in [-0.3, -0.25) is 4.79 Å². The number of aliphatic hydroxyl groups is 1. The summed E-state index contributed by atoms with van der Waals surface area (Å²) >= 11 is 6.17. The number of piperazine rings is 1. The van der Waals surface area contributed by atoms with E-state index in [0.29, 0.717) is 11.6 Å². The summed E-state index contributed by atoms with van der Waals surface area (Å²) in [6, 6.07) is 6.77. The number of aliphatic hydroxyl groups excluding tert-OH is 1. The Bertz CT molecular complexity index is 462. The number of halogens is 1. The molecular weight excluding hydrogens is 252 g/mol. The average Bonchev–Trinajstić information content (AvgIpc) is 2.27. The van der Waals surface area contributed by atoms with Crippen molar-refractivity contribution in [1.82, 2.24) is 5.32 Å². The van der Waals surface area contributed by atoms with Gasteiger partial charge in [0.05, 0.1) is 22.9 Å². The van der Waals surface area contributed by atoms with Gasteiger partial charge in [-0.05, 0) is 26.0 Å². The van der Waals surface area contributed by atoms with Gasteiger partial charge in [-0.25, -0.2) is 0 Å². The minimum atomic E-state index is -0.585. The van der Waals surface area contributed by atoms with Crippen molar-refractivity contribution in [3.05, 3.63) is 29.3 Å². The van der Waals surface area contributed by atoms with Crippen LogP contribution in [0.3, 0.4) is 0 Å². The van der Waals surface area contributed by atoms with Gasteiger partial charge in [0.1, 0.15) is 6.04 Å². The molecule has 1 saturated heterocycles. The number of rotatable bonds is 2. The van der Waals surface area contributed by atoms with Crippen LogP contribution in [0, 0.1) is 0 Å². The van der Waals surface area contributed by atoms with Crippen LogP contribution in [-0.4, -0.2) is 35.7 Å². The monoisotopic (exact) mass is 268 g/mol. The number of nitrogens with one attached hydrogen (secondary N) is 1. The van der Waals surface area contributed by atoms with E-state index in [1.807, 2.05) is 36.9 Å². The van der Waals surface area contributed by atoms with Crippen LogP contribution >= 0.6 is 11.6 Å². The van der Waals surface area contributed by atoms with Gasteiger partial charge in [0.2, 0.25) is 5.91 Å². The number of benzene rings is 1. The molecule has 0 spiro atoms. The Morgan fingerprint density at radius 1 is 1.50 bits per heavy atom. The van der Waals surface area contributed by atoms with Gasteiger partial charge in [0.15, 0.2) is 0 Å². The quantitative estimate of drug-likeness (QED) is 0.853. The number of anilines is 1. The summed E-state index contributed by atoms with van der Waals surface area (Å²) in [5.74, 6) is -0.173. The van der Waals surface area contributed by atoms with Crippen molar-refractivity contribution in [2.45, 2.75) is 25.4 Å². The predicted molar refractivity (Wildman–Crippen MR) is 71.9 cm³/mol. The van der Waals surface area contributed by atoms with Crippen molar-refractivity contribution in [3.8, 4) is 0 Å². The van der Waals surface area contributed by atoms with Crippen LogP contribution in [0.5, 0.6) is 0 Å². The summed E-state index contributed by atoms with van der Waals surface area (Å²) in [6.45, 7) is 4.27. The fraction of sp³-hybridized carbons (Fsp3) is 0.462. The molecule has 1 heterocycles. The van der Waals surface area contributed by atoms with Gasteiger partial charge in [0, 0.05) is 6.54 Å². The third-order valence-electron chi connectivity index (χ3n) is 3.04. The number of para-hydroxylation sites is 1. The number of hydrogen-bond acceptors (Lipinski definition) is 3. The maximum absolute atomic E-state index is 12.0. The zero-order valence-corrected chi connectivity index (χ0v) is 11.2. The zero-order valence-electron chi connectivity index (χ0n) is 10.5. The molecule has 1 aliphatic rings. The molecule has 0 radical (unpaired) electrons. The minimum absolute atomic E-state index is 0.173. The van der Waals surface area contributed by atoms with Crippen molar-refractivity contribution in [2.75, 3.05) is 18.1 Å². The highest BCUT2D eigenvalue weighted by molar-refractivity contribution is 6.33. The van der Waals surface area contributed by atoms with E-state index >= 15 is 0 Å². The molecule has 2 N–H and O–H groups in total. The van der Waals surface area contributed by atoms with Crippen molar-refractivity contribution in [1.29, 1.82) is 0 Å². The van der Waals surface area contributed by atoms with Crippen molar-refractivity contribution < 1.29 is 9.90 Å². The molecule has 0 saturated carbocycles. The fourth-order valence-electron chi connectivity index (χ4n) is 2.25. The zero-order chi connectivity index (χ0) is 13.3. The number of nitrogens with zero attached hydrogens (tertiary/aromatic N) is 1. The number of amides is 1. The van der Waals surface area contributed by atoms with E-state index in [9.17, 15) is 9.90 Å². The van der Waals surface area contributed by atoms with Gasteiger partial charge < -0.3 is 15.3 Å². The van der Waals surface area contributed by atoms with Crippen LogP contribution in [0.4, 0.5) is 5.69 Å². The maximum Gasteiger partial charge on any atom is 0.245 e. The molecule has 1 atom stereocenters. The third-order valence-corrected chi connectivity index (χ3v) is 3.36. The molecule has 1 fully saturated rings. The van der Waals surface area contributed by atoms with E-state index < -0.39 is 6.04 Å². The molecule has 1 aromatic rings. The van der Waals surface area contributed by atoms with Gasteiger partial charge >= 0.3 is 0 Å². The van der Waals surface area contributed by atoms with Crippen LogP contribution < -0.4 is 10.2 Å². The molecule has 1 aromatic carbocycles. The summed E-state index contributed by atoms with van der Waals surface area (Å²) in [5.41, 5.74) is 0.434. The van der Waals surface area contributed by atoms with E-state index in [0.717, 1.165) is 5.69 Å². The molecule has 0 bridgehead atoms. The third kappa shape index (κ3) is 2.44. The smallest absolute Gasteiger partial charge is 0.245 e. The van der Waals surface area contributed by atoms with Crippen LogP contribution in [0.25, 0.3) is 0 Å². The van der Waals surface area contributed by atoms with Crippen molar-refractivity contribution >= 4 is 23.2 Å². The predicted octanol–water partition coefficient (Wildman–Crippen LogP) is 1.42. The number of carbonyl (C=O) groups is 1. The Hall–Kier alpha value is -1.26. The Balaban J connectivity index is 2.39. The molecule has 0 aromatic heterocycles. The van der Waals surface area contributed by atoms with Gasteiger partial charge in [-0.15, -0.1) is 0 Å². The molecule has 2 rings (SSSR count). The van der Waals surface area contributed by atoms with Crippen molar-refractivity contribution in [2.24, 2.45) is 0 Å². The van der Waals surface area contributed by atoms with E-state index in [-0.39, 0.29) is 18.1 Å². The fourth-order valence-corrected chi connectivity index (χ4v) is 2.50. The minimum Gasteiger partial charge on any atom is -0.394 e. The van der Waals surface area contributed by atoms with Crippen LogP contribution in [-0.2, 0) is 4.79 Å². The lowest BCUT2D eigenvalue weighted by molar-refractivity contribution is -0.126. The Kier molecular flexibility index (Phi) is 3.50. The highest BCUT2D eigenvalue weighted by Crippen LogP contribution is 2.30. The average molecular weight is 269 g/mol. The summed E-state index contributed by atoms with van der Waals surface area (Å²) in [6.07, 6.45) is 0. The summed E-state index contributed by atoms with van der Waals surface area (Å²) in [4.78, 5) is 13.8. The molecule has 5 heteroatoms. The molecule has 18 heavy (non-hydrogen) atoms. The molecule has 4 nitrogen and oxygen atoms in total. The number of carbonyl (C=O) groups excluding carboxylic acids is 1. The largest absolute Gasteiger partial charge is 0.394 e. The van der Waals surface area contributed by atoms with Crippen molar-refractivity contribution in [3.63, 3.8) is 0 Å². The lowest BCUT2D eigenvalue weighted by Crippen LogP contribution is -2.66. The molecular formula is C13H17ClN2O2. The lowest BCUT2D eigenvalue weighted by atomic mass is 9.97. The van der Waals surface area contributed by atoms with Crippen LogP contribution in [0.2, 0.25) is 5.02 Å². The van der Waals surface area contributed by atoms with Crippen LogP contribution in [0.15, 0.2) is 24.3 Å². The highest BCUT2D eigenvalue weighted by Gasteiger charge is 2.38. The SMILES string of the molecule is CC1(C)CN(c2ccccc2Cl)C(CO)C(=O)N1. The Labute approximate surface area is 112 Å². The first-order valence-corrected chi connectivity index (χ1v) is 6.26. The second-order valence-corrected chi connectivity index (χ2v) is 5.56.